The Morgan fingerprint density at radius 2 is 2.07 bits per heavy atom. The maximum atomic E-state index is 13.0. The molecule has 0 saturated carbocycles. The Labute approximate surface area is 183 Å². The second-order valence-electron chi connectivity index (χ2n) is 7.64. The molecule has 0 aliphatic carbocycles. The number of hydrogen-bond donors (Lipinski definition) is 0. The third-order valence-corrected chi connectivity index (χ3v) is 7.13. The van der Waals surface area contributed by atoms with E-state index >= 15 is 0 Å². The number of thiazole rings is 2. The smallest absolute Gasteiger partial charge is 0.241 e. The first-order valence-corrected chi connectivity index (χ1v) is 11.7. The summed E-state index contributed by atoms with van der Waals surface area (Å²) in [6.45, 7) is 3.81. The van der Waals surface area contributed by atoms with Crippen molar-refractivity contribution in [2.45, 2.75) is 19.9 Å². The topological polar surface area (TPSA) is 49.3 Å². The zero-order valence-electron chi connectivity index (χ0n) is 17.0. The number of rotatable bonds is 5. The fourth-order valence-corrected chi connectivity index (χ4v) is 5.58. The van der Waals surface area contributed by atoms with Crippen molar-refractivity contribution >= 4 is 44.5 Å². The summed E-state index contributed by atoms with van der Waals surface area (Å²) in [5.41, 5.74) is 5.42. The molecular weight excluding hydrogens is 412 g/mol. The Hall–Kier alpha value is -2.61. The van der Waals surface area contributed by atoms with E-state index in [-0.39, 0.29) is 5.91 Å². The molecule has 1 amide bonds. The highest BCUT2D eigenvalue weighted by molar-refractivity contribution is 7.18. The molecule has 2 aromatic carbocycles. The molecule has 0 saturated heterocycles. The lowest BCUT2D eigenvalue weighted by Crippen LogP contribution is -2.37. The molecule has 0 bridgehead atoms. The molecular formula is C23H22N4OS2. The number of fused-ring (bicyclic) bond motifs is 2. The number of anilines is 1. The average Bonchev–Trinajstić information content (AvgIpc) is 3.44. The zero-order chi connectivity index (χ0) is 20.7. The van der Waals surface area contributed by atoms with Gasteiger partial charge < -0.3 is 4.90 Å². The predicted molar refractivity (Wildman–Crippen MR) is 124 cm³/mol. The molecule has 0 fully saturated rings. The Balaban J connectivity index is 1.27. The molecule has 3 heterocycles. The summed E-state index contributed by atoms with van der Waals surface area (Å²) in [4.78, 5) is 26.2. The van der Waals surface area contributed by atoms with Crippen molar-refractivity contribution < 1.29 is 4.79 Å². The highest BCUT2D eigenvalue weighted by Gasteiger charge is 2.26. The van der Waals surface area contributed by atoms with Gasteiger partial charge >= 0.3 is 0 Å². The second kappa shape index (κ2) is 7.91. The van der Waals surface area contributed by atoms with Gasteiger partial charge in [-0.05, 0) is 50.2 Å². The summed E-state index contributed by atoms with van der Waals surface area (Å²) in [5.74, 6) is 0.134. The van der Waals surface area contributed by atoms with Crippen LogP contribution in [0, 0.1) is 6.92 Å². The van der Waals surface area contributed by atoms with Gasteiger partial charge in [-0.1, -0.05) is 18.2 Å². The van der Waals surface area contributed by atoms with Gasteiger partial charge in [0.05, 0.1) is 34.0 Å². The van der Waals surface area contributed by atoms with Crippen LogP contribution in [0.3, 0.4) is 0 Å². The van der Waals surface area contributed by atoms with E-state index in [2.05, 4.69) is 39.6 Å². The van der Waals surface area contributed by atoms with E-state index in [1.165, 1.54) is 10.3 Å². The Bertz CT molecular complexity index is 1200. The van der Waals surface area contributed by atoms with E-state index < -0.39 is 0 Å². The van der Waals surface area contributed by atoms with E-state index in [9.17, 15) is 4.79 Å². The van der Waals surface area contributed by atoms with Gasteiger partial charge in [-0.3, -0.25) is 9.69 Å². The number of likely N-dealkylation sites (N-methyl/N-ethyl adjacent to an activating group) is 1. The standard InChI is InChI=1S/C23H22N4OS2/c1-15-24-19(14-29-15)16-7-8-20-17(11-16)9-10-27(20)23(28)13-26(2)12-22-25-18-5-3-4-6-21(18)30-22/h3-8,11,14H,9-10,12-13H2,1-2H3. The van der Waals surface area contributed by atoms with Gasteiger partial charge in [0.15, 0.2) is 0 Å². The van der Waals surface area contributed by atoms with Gasteiger partial charge in [0.25, 0.3) is 0 Å². The van der Waals surface area contributed by atoms with E-state index in [1.54, 1.807) is 22.7 Å². The number of amides is 1. The Kier molecular flexibility index (Phi) is 5.10. The summed E-state index contributed by atoms with van der Waals surface area (Å²) in [6.07, 6.45) is 0.889. The van der Waals surface area contributed by atoms with Crippen molar-refractivity contribution in [3.63, 3.8) is 0 Å². The first kappa shape index (κ1) is 19.4. The third kappa shape index (κ3) is 3.76. The SMILES string of the molecule is Cc1nc(-c2ccc3c(c2)CCN3C(=O)CN(C)Cc2nc3ccccc3s2)cs1. The molecule has 7 heteroatoms. The number of hydrogen-bond acceptors (Lipinski definition) is 6. The molecule has 30 heavy (non-hydrogen) atoms. The summed E-state index contributed by atoms with van der Waals surface area (Å²) >= 11 is 3.35. The zero-order valence-corrected chi connectivity index (χ0v) is 18.6. The maximum Gasteiger partial charge on any atom is 0.241 e. The van der Waals surface area contributed by atoms with Gasteiger partial charge in [-0.2, -0.15) is 0 Å². The van der Waals surface area contributed by atoms with Crippen LogP contribution in [0.1, 0.15) is 15.6 Å². The van der Waals surface area contributed by atoms with Crippen LogP contribution in [0.2, 0.25) is 0 Å². The molecule has 0 spiro atoms. The lowest BCUT2D eigenvalue weighted by molar-refractivity contribution is -0.119. The summed E-state index contributed by atoms with van der Waals surface area (Å²) < 4.78 is 1.19. The van der Waals surface area contributed by atoms with E-state index in [4.69, 9.17) is 0 Å². The molecule has 5 rings (SSSR count). The minimum Gasteiger partial charge on any atom is -0.311 e. The highest BCUT2D eigenvalue weighted by Crippen LogP contribution is 2.33. The van der Waals surface area contributed by atoms with Crippen LogP contribution < -0.4 is 4.90 Å². The molecule has 1 aliphatic rings. The van der Waals surface area contributed by atoms with Gasteiger partial charge in [0, 0.05) is 23.2 Å². The van der Waals surface area contributed by atoms with Crippen molar-refractivity contribution in [3.05, 3.63) is 63.4 Å². The molecule has 152 valence electrons. The molecule has 0 atom stereocenters. The van der Waals surface area contributed by atoms with E-state index in [0.717, 1.165) is 45.4 Å². The van der Waals surface area contributed by atoms with Crippen molar-refractivity contribution in [3.8, 4) is 11.3 Å². The van der Waals surface area contributed by atoms with E-state index in [1.807, 2.05) is 42.0 Å². The fraction of sp³-hybridized carbons (Fsp3) is 0.261. The molecule has 0 radical (unpaired) electrons. The number of benzene rings is 2. The summed E-state index contributed by atoms with van der Waals surface area (Å²) in [5, 5.41) is 4.20. The first-order chi connectivity index (χ1) is 14.6. The van der Waals surface area contributed by atoms with Crippen LogP contribution >= 0.6 is 22.7 Å². The van der Waals surface area contributed by atoms with Crippen molar-refractivity contribution in [2.75, 3.05) is 25.0 Å². The number of carbonyl (C=O) groups excluding carboxylic acids is 1. The van der Waals surface area contributed by atoms with Crippen molar-refractivity contribution in [2.24, 2.45) is 0 Å². The van der Waals surface area contributed by atoms with E-state index in [0.29, 0.717) is 13.1 Å². The van der Waals surface area contributed by atoms with Gasteiger partial charge in [-0.15, -0.1) is 22.7 Å². The number of aryl methyl sites for hydroxylation is 1. The van der Waals surface area contributed by atoms with Gasteiger partial charge in [-0.25, -0.2) is 9.97 Å². The minimum atomic E-state index is 0.134. The monoisotopic (exact) mass is 434 g/mol. The van der Waals surface area contributed by atoms with Crippen molar-refractivity contribution in [1.82, 2.24) is 14.9 Å². The van der Waals surface area contributed by atoms with Crippen LogP contribution in [0.5, 0.6) is 0 Å². The highest BCUT2D eigenvalue weighted by atomic mass is 32.1. The molecule has 0 N–H and O–H groups in total. The quantitative estimate of drug-likeness (QED) is 0.455. The maximum absolute atomic E-state index is 13.0. The predicted octanol–water partition coefficient (Wildman–Crippen LogP) is 4.75. The average molecular weight is 435 g/mol. The normalized spacial score (nSPS) is 13.4. The number of nitrogens with zero attached hydrogens (tertiary/aromatic N) is 4. The Morgan fingerprint density at radius 1 is 1.20 bits per heavy atom. The van der Waals surface area contributed by atoms with Crippen LogP contribution in [0.4, 0.5) is 5.69 Å². The van der Waals surface area contributed by atoms with Crippen LogP contribution in [0.25, 0.3) is 21.5 Å². The van der Waals surface area contributed by atoms with Crippen LogP contribution in [-0.2, 0) is 17.8 Å². The molecule has 1 aliphatic heterocycles. The Morgan fingerprint density at radius 3 is 2.87 bits per heavy atom. The van der Waals surface area contributed by atoms with Gasteiger partial charge in [0.1, 0.15) is 5.01 Å². The van der Waals surface area contributed by atoms with Gasteiger partial charge in [0.2, 0.25) is 5.91 Å². The third-order valence-electron chi connectivity index (χ3n) is 5.34. The largest absolute Gasteiger partial charge is 0.311 e. The molecule has 5 nitrogen and oxygen atoms in total. The molecule has 0 unspecified atom stereocenters. The first-order valence-electron chi connectivity index (χ1n) is 9.95. The molecule has 4 aromatic rings. The number of carbonyl (C=O) groups is 1. The van der Waals surface area contributed by atoms with Crippen LogP contribution in [-0.4, -0.2) is 40.9 Å². The molecule has 2 aromatic heterocycles. The summed E-state index contributed by atoms with van der Waals surface area (Å²) in [6, 6.07) is 14.5. The lowest BCUT2D eigenvalue weighted by atomic mass is 10.1. The fourth-order valence-electron chi connectivity index (χ4n) is 3.91. The summed E-state index contributed by atoms with van der Waals surface area (Å²) in [7, 11) is 1.98. The second-order valence-corrected chi connectivity index (χ2v) is 9.82. The minimum absolute atomic E-state index is 0.134. The number of para-hydroxylation sites is 1. The lowest BCUT2D eigenvalue weighted by Gasteiger charge is -2.21. The number of aromatic nitrogens is 2. The van der Waals surface area contributed by atoms with Crippen LogP contribution in [0.15, 0.2) is 47.8 Å². The van der Waals surface area contributed by atoms with Crippen molar-refractivity contribution in [1.29, 1.82) is 0 Å².